The zero-order valence-electron chi connectivity index (χ0n) is 10.6. The van der Waals surface area contributed by atoms with Crippen LogP contribution in [0.15, 0.2) is 42.5 Å². The molecule has 0 aliphatic carbocycles. The Morgan fingerprint density at radius 2 is 1.78 bits per heavy atom. The molecule has 0 amide bonds. The van der Waals surface area contributed by atoms with E-state index in [9.17, 15) is 0 Å². The summed E-state index contributed by atoms with van der Waals surface area (Å²) in [6, 6.07) is 14.8. The summed E-state index contributed by atoms with van der Waals surface area (Å²) in [6.07, 6.45) is 0. The summed E-state index contributed by atoms with van der Waals surface area (Å²) in [7, 11) is 0. The fourth-order valence-electron chi connectivity index (χ4n) is 2.13. The van der Waals surface area contributed by atoms with Gasteiger partial charge in [0.2, 0.25) is 0 Å². The zero-order valence-corrected chi connectivity index (χ0v) is 12.7. The van der Waals surface area contributed by atoms with Crippen molar-refractivity contribution in [2.24, 2.45) is 5.84 Å². The maximum Gasteiger partial charge on any atom is 0.0722 e. The molecule has 1 unspecified atom stereocenters. The number of benzene rings is 2. The third kappa shape index (κ3) is 2.74. The SMILES string of the molecule is Cc1ccc(C)c(C(NN)c2ccccc2I)c1. The van der Waals surface area contributed by atoms with Gasteiger partial charge in [0.15, 0.2) is 0 Å². The van der Waals surface area contributed by atoms with Crippen LogP contribution in [-0.2, 0) is 0 Å². The maximum atomic E-state index is 5.77. The number of halogens is 1. The van der Waals surface area contributed by atoms with Crippen LogP contribution in [0.25, 0.3) is 0 Å². The quantitative estimate of drug-likeness (QED) is 0.504. The highest BCUT2D eigenvalue weighted by Gasteiger charge is 2.16. The van der Waals surface area contributed by atoms with Gasteiger partial charge in [-0.3, -0.25) is 5.84 Å². The summed E-state index contributed by atoms with van der Waals surface area (Å²) in [5.74, 6) is 5.77. The van der Waals surface area contributed by atoms with Gasteiger partial charge in [-0.2, -0.15) is 0 Å². The van der Waals surface area contributed by atoms with Gasteiger partial charge in [-0.1, -0.05) is 42.0 Å². The fraction of sp³-hybridized carbons (Fsp3) is 0.200. The van der Waals surface area contributed by atoms with Crippen LogP contribution in [0, 0.1) is 17.4 Å². The van der Waals surface area contributed by atoms with E-state index in [-0.39, 0.29) is 6.04 Å². The highest BCUT2D eigenvalue weighted by Crippen LogP contribution is 2.28. The van der Waals surface area contributed by atoms with Crippen molar-refractivity contribution in [2.45, 2.75) is 19.9 Å². The molecule has 0 radical (unpaired) electrons. The molecule has 2 rings (SSSR count). The highest BCUT2D eigenvalue weighted by molar-refractivity contribution is 14.1. The van der Waals surface area contributed by atoms with E-state index in [0.29, 0.717) is 0 Å². The van der Waals surface area contributed by atoms with Gasteiger partial charge in [0, 0.05) is 3.57 Å². The number of hydrogen-bond donors (Lipinski definition) is 2. The van der Waals surface area contributed by atoms with Crippen molar-refractivity contribution >= 4 is 22.6 Å². The van der Waals surface area contributed by atoms with Gasteiger partial charge in [-0.15, -0.1) is 0 Å². The van der Waals surface area contributed by atoms with Crippen LogP contribution >= 0.6 is 22.6 Å². The topological polar surface area (TPSA) is 38.0 Å². The van der Waals surface area contributed by atoms with E-state index >= 15 is 0 Å². The van der Waals surface area contributed by atoms with Gasteiger partial charge in [0.1, 0.15) is 0 Å². The van der Waals surface area contributed by atoms with Crippen molar-refractivity contribution in [3.05, 3.63) is 68.3 Å². The van der Waals surface area contributed by atoms with E-state index in [4.69, 9.17) is 5.84 Å². The second-order valence-corrected chi connectivity index (χ2v) is 5.64. The normalized spacial score (nSPS) is 12.4. The molecular weight excluding hydrogens is 335 g/mol. The molecule has 2 aromatic carbocycles. The lowest BCUT2D eigenvalue weighted by molar-refractivity contribution is 0.631. The van der Waals surface area contributed by atoms with Crippen molar-refractivity contribution in [1.29, 1.82) is 0 Å². The molecule has 3 N–H and O–H groups in total. The molecular formula is C15H17IN2. The Balaban J connectivity index is 2.52. The summed E-state index contributed by atoms with van der Waals surface area (Å²) in [5, 5.41) is 0. The number of hydrogen-bond acceptors (Lipinski definition) is 2. The maximum absolute atomic E-state index is 5.77. The molecule has 0 bridgehead atoms. The summed E-state index contributed by atoms with van der Waals surface area (Å²) in [4.78, 5) is 0. The summed E-state index contributed by atoms with van der Waals surface area (Å²) in [6.45, 7) is 4.22. The Labute approximate surface area is 122 Å². The van der Waals surface area contributed by atoms with Gasteiger partial charge in [0.25, 0.3) is 0 Å². The molecule has 18 heavy (non-hydrogen) atoms. The van der Waals surface area contributed by atoms with Gasteiger partial charge in [-0.25, -0.2) is 5.43 Å². The van der Waals surface area contributed by atoms with E-state index in [1.165, 1.54) is 25.8 Å². The number of hydrazine groups is 1. The molecule has 0 saturated carbocycles. The molecule has 0 fully saturated rings. The average Bonchev–Trinajstić information content (AvgIpc) is 2.36. The van der Waals surface area contributed by atoms with Crippen LogP contribution in [0.4, 0.5) is 0 Å². The molecule has 0 aliphatic rings. The van der Waals surface area contributed by atoms with Crippen LogP contribution in [0.5, 0.6) is 0 Å². The molecule has 0 spiro atoms. The second kappa shape index (κ2) is 5.82. The van der Waals surface area contributed by atoms with Crippen molar-refractivity contribution in [1.82, 2.24) is 5.43 Å². The van der Waals surface area contributed by atoms with Crippen LogP contribution < -0.4 is 11.3 Å². The van der Waals surface area contributed by atoms with Gasteiger partial charge in [-0.05, 0) is 59.2 Å². The molecule has 2 nitrogen and oxygen atoms in total. The van der Waals surface area contributed by atoms with Crippen LogP contribution in [0.3, 0.4) is 0 Å². The predicted octanol–water partition coefficient (Wildman–Crippen LogP) is 3.46. The third-order valence-corrected chi connectivity index (χ3v) is 4.11. The molecule has 0 aromatic heterocycles. The first-order chi connectivity index (χ1) is 8.63. The number of rotatable bonds is 3. The minimum absolute atomic E-state index is 0.0398. The van der Waals surface area contributed by atoms with Crippen molar-refractivity contribution in [3.8, 4) is 0 Å². The third-order valence-electron chi connectivity index (χ3n) is 3.13. The largest absolute Gasteiger partial charge is 0.271 e. The molecule has 1 atom stereocenters. The van der Waals surface area contributed by atoms with E-state index < -0.39 is 0 Å². The molecule has 3 heteroatoms. The van der Waals surface area contributed by atoms with Crippen molar-refractivity contribution in [3.63, 3.8) is 0 Å². The summed E-state index contributed by atoms with van der Waals surface area (Å²) in [5.41, 5.74) is 7.90. The molecule has 0 saturated heterocycles. The first-order valence-corrected chi connectivity index (χ1v) is 6.99. The Bertz CT molecular complexity index is 552. The molecule has 2 aromatic rings. The van der Waals surface area contributed by atoms with E-state index in [1.54, 1.807) is 0 Å². The lowest BCUT2D eigenvalue weighted by Gasteiger charge is -2.21. The Morgan fingerprint density at radius 3 is 2.44 bits per heavy atom. The van der Waals surface area contributed by atoms with E-state index in [0.717, 1.165) is 0 Å². The summed E-state index contributed by atoms with van der Waals surface area (Å²) < 4.78 is 1.22. The Hall–Kier alpha value is -0.910. The lowest BCUT2D eigenvalue weighted by Crippen LogP contribution is -2.30. The standard InChI is InChI=1S/C15H17IN2/c1-10-7-8-11(2)13(9-10)15(18-17)12-5-3-4-6-14(12)16/h3-9,15,18H,17H2,1-2H3. The smallest absolute Gasteiger partial charge is 0.0722 e. The summed E-state index contributed by atoms with van der Waals surface area (Å²) >= 11 is 2.35. The van der Waals surface area contributed by atoms with Gasteiger partial charge < -0.3 is 0 Å². The first kappa shape index (κ1) is 13.5. The van der Waals surface area contributed by atoms with E-state index in [2.05, 4.69) is 72.2 Å². The molecule has 94 valence electrons. The number of aryl methyl sites for hydroxylation is 2. The first-order valence-electron chi connectivity index (χ1n) is 5.91. The molecule has 0 heterocycles. The number of nitrogens with two attached hydrogens (primary N) is 1. The number of nitrogens with one attached hydrogen (secondary N) is 1. The van der Waals surface area contributed by atoms with Crippen LogP contribution in [-0.4, -0.2) is 0 Å². The van der Waals surface area contributed by atoms with Gasteiger partial charge >= 0.3 is 0 Å². The monoisotopic (exact) mass is 352 g/mol. The van der Waals surface area contributed by atoms with Crippen LogP contribution in [0.2, 0.25) is 0 Å². The minimum Gasteiger partial charge on any atom is -0.271 e. The lowest BCUT2D eigenvalue weighted by atomic mass is 9.94. The van der Waals surface area contributed by atoms with E-state index in [1.807, 2.05) is 12.1 Å². The Kier molecular flexibility index (Phi) is 4.37. The van der Waals surface area contributed by atoms with Gasteiger partial charge in [0.05, 0.1) is 6.04 Å². The highest BCUT2D eigenvalue weighted by atomic mass is 127. The minimum atomic E-state index is 0.0398. The van der Waals surface area contributed by atoms with Crippen molar-refractivity contribution in [2.75, 3.05) is 0 Å². The predicted molar refractivity (Wildman–Crippen MR) is 84.2 cm³/mol. The van der Waals surface area contributed by atoms with Crippen molar-refractivity contribution < 1.29 is 0 Å². The Morgan fingerprint density at radius 1 is 1.06 bits per heavy atom. The van der Waals surface area contributed by atoms with Crippen LogP contribution in [0.1, 0.15) is 28.3 Å². The average molecular weight is 352 g/mol. The zero-order chi connectivity index (χ0) is 13.1. The molecule has 0 aliphatic heterocycles. The fourth-order valence-corrected chi connectivity index (χ4v) is 2.83. The second-order valence-electron chi connectivity index (χ2n) is 4.48.